The van der Waals surface area contributed by atoms with Gasteiger partial charge in [-0.2, -0.15) is 0 Å². The molecule has 0 radical (unpaired) electrons. The van der Waals surface area contributed by atoms with Gasteiger partial charge in [-0.3, -0.25) is 14.4 Å². The van der Waals surface area contributed by atoms with Crippen LogP contribution in [0.15, 0.2) is 69.4 Å². The summed E-state index contributed by atoms with van der Waals surface area (Å²) in [6.45, 7) is 8.24. The van der Waals surface area contributed by atoms with Crippen LogP contribution in [0.1, 0.15) is 59.3 Å². The Kier molecular flexibility index (Phi) is 17.3. The van der Waals surface area contributed by atoms with E-state index in [0.717, 1.165) is 38.5 Å². The van der Waals surface area contributed by atoms with E-state index in [-0.39, 0.29) is 51.0 Å². The number of aromatic hydroxyl groups is 3. The minimum Gasteiger partial charge on any atom is -0.503 e. The first-order valence-corrected chi connectivity index (χ1v) is 12.4. The fourth-order valence-corrected chi connectivity index (χ4v) is 3.09. The summed E-state index contributed by atoms with van der Waals surface area (Å²) < 4.78 is 4.58. The smallest absolute Gasteiger partial charge is 0.292 e. The molecule has 0 amide bonds. The van der Waals surface area contributed by atoms with E-state index in [1.165, 1.54) is 31.9 Å². The van der Waals surface area contributed by atoms with Gasteiger partial charge in [0.25, 0.3) is 16.7 Å². The molecule has 3 heterocycles. The third-order valence-electron chi connectivity index (χ3n) is 5.26. The molecule has 3 aromatic heterocycles. The standard InChI is InChI=1S/3C9H13NO2.Fe/c3*1-2-3-6-10-7-4-5-8(11)9(10)12;/h3*4-5,7,11H,2-3,6H2,1H3;. The molecule has 206 valence electrons. The van der Waals surface area contributed by atoms with E-state index >= 15 is 0 Å². The van der Waals surface area contributed by atoms with Crippen molar-refractivity contribution in [1.29, 1.82) is 0 Å². The number of aromatic nitrogens is 3. The molecule has 0 bridgehead atoms. The fraction of sp³-hybridized carbons (Fsp3) is 0.444. The monoisotopic (exact) mass is 557 g/mol. The molecule has 3 aromatic rings. The van der Waals surface area contributed by atoms with E-state index in [1.54, 1.807) is 36.8 Å². The van der Waals surface area contributed by atoms with Gasteiger partial charge in [0.05, 0.1) is 0 Å². The second kappa shape index (κ2) is 19.0. The molecule has 3 rings (SSSR count). The second-order valence-corrected chi connectivity index (χ2v) is 8.24. The van der Waals surface area contributed by atoms with Crippen molar-refractivity contribution < 1.29 is 32.4 Å². The van der Waals surface area contributed by atoms with Gasteiger partial charge in [-0.25, -0.2) is 0 Å². The van der Waals surface area contributed by atoms with Gasteiger partial charge < -0.3 is 29.0 Å². The number of pyridine rings is 3. The van der Waals surface area contributed by atoms with Crippen molar-refractivity contribution in [2.45, 2.75) is 78.9 Å². The van der Waals surface area contributed by atoms with Gasteiger partial charge >= 0.3 is 0 Å². The quantitative estimate of drug-likeness (QED) is 0.341. The Labute approximate surface area is 228 Å². The fourth-order valence-electron chi connectivity index (χ4n) is 3.09. The maximum absolute atomic E-state index is 11.2. The van der Waals surface area contributed by atoms with Crippen molar-refractivity contribution in [1.82, 2.24) is 13.7 Å². The molecule has 0 aliphatic rings. The molecule has 0 spiro atoms. The minimum absolute atomic E-state index is 0. The van der Waals surface area contributed by atoms with Gasteiger partial charge in [0.2, 0.25) is 0 Å². The van der Waals surface area contributed by atoms with Crippen molar-refractivity contribution in [2.24, 2.45) is 0 Å². The van der Waals surface area contributed by atoms with Gasteiger partial charge in [0.1, 0.15) is 0 Å². The van der Waals surface area contributed by atoms with Gasteiger partial charge in [0.15, 0.2) is 17.2 Å². The average molecular weight is 557 g/mol. The molecule has 0 fully saturated rings. The van der Waals surface area contributed by atoms with Gasteiger partial charge in [0, 0.05) is 55.3 Å². The van der Waals surface area contributed by atoms with Crippen molar-refractivity contribution >= 4 is 0 Å². The first-order valence-electron chi connectivity index (χ1n) is 12.4. The van der Waals surface area contributed by atoms with Crippen LogP contribution in [0, 0.1) is 0 Å². The Bertz CT molecular complexity index is 1070. The zero-order chi connectivity index (χ0) is 26.9. The molecule has 0 saturated carbocycles. The van der Waals surface area contributed by atoms with Crippen LogP contribution in [0.5, 0.6) is 17.2 Å². The van der Waals surface area contributed by atoms with E-state index in [1.807, 2.05) is 0 Å². The minimum atomic E-state index is -0.300. The predicted molar refractivity (Wildman–Crippen MR) is 142 cm³/mol. The molecule has 10 heteroatoms. The molecular formula is C27H39FeN3O6. The number of hydrogen-bond acceptors (Lipinski definition) is 6. The molecule has 0 aliphatic carbocycles. The Morgan fingerprint density at radius 1 is 0.541 bits per heavy atom. The Hall–Kier alpha value is -3.23. The maximum Gasteiger partial charge on any atom is 0.292 e. The van der Waals surface area contributed by atoms with Crippen LogP contribution < -0.4 is 16.7 Å². The van der Waals surface area contributed by atoms with Crippen molar-refractivity contribution in [2.75, 3.05) is 0 Å². The molecular weight excluding hydrogens is 518 g/mol. The van der Waals surface area contributed by atoms with Gasteiger partial charge in [-0.1, -0.05) is 40.0 Å². The summed E-state index contributed by atoms with van der Waals surface area (Å²) in [5.41, 5.74) is -0.900. The van der Waals surface area contributed by atoms with E-state index in [4.69, 9.17) is 15.3 Å². The van der Waals surface area contributed by atoms with E-state index in [0.29, 0.717) is 19.6 Å². The zero-order valence-electron chi connectivity index (χ0n) is 21.8. The van der Waals surface area contributed by atoms with Crippen LogP contribution >= 0.6 is 0 Å². The molecule has 0 saturated heterocycles. The summed E-state index contributed by atoms with van der Waals surface area (Å²) in [4.78, 5) is 33.6. The number of hydrogen-bond donors (Lipinski definition) is 3. The molecule has 0 aromatic carbocycles. The molecule has 9 nitrogen and oxygen atoms in total. The Morgan fingerprint density at radius 2 is 0.784 bits per heavy atom. The Balaban J connectivity index is 0.000000518. The predicted octanol–water partition coefficient (Wildman–Crippen LogP) is 4.06. The summed E-state index contributed by atoms with van der Waals surface area (Å²) in [5, 5.41) is 27.2. The zero-order valence-corrected chi connectivity index (χ0v) is 22.9. The van der Waals surface area contributed by atoms with Gasteiger partial charge in [-0.15, -0.1) is 0 Å². The first-order chi connectivity index (χ1) is 17.3. The Morgan fingerprint density at radius 3 is 1.00 bits per heavy atom. The maximum atomic E-state index is 11.2. The summed E-state index contributed by atoms with van der Waals surface area (Å²) in [7, 11) is 0. The van der Waals surface area contributed by atoms with Crippen LogP contribution in [-0.4, -0.2) is 29.0 Å². The molecule has 37 heavy (non-hydrogen) atoms. The largest absolute Gasteiger partial charge is 0.503 e. The summed E-state index contributed by atoms with van der Waals surface area (Å²) in [5.74, 6) is -0.518. The van der Waals surface area contributed by atoms with Crippen LogP contribution in [0.3, 0.4) is 0 Å². The summed E-state index contributed by atoms with van der Waals surface area (Å²) in [6.07, 6.45) is 11.1. The van der Waals surface area contributed by atoms with Crippen molar-refractivity contribution in [3.8, 4) is 17.2 Å². The molecule has 0 unspecified atom stereocenters. The third kappa shape index (κ3) is 12.0. The average Bonchev–Trinajstić information content (AvgIpc) is 2.87. The van der Waals surface area contributed by atoms with Crippen LogP contribution in [0.25, 0.3) is 0 Å². The second-order valence-electron chi connectivity index (χ2n) is 8.24. The summed E-state index contributed by atoms with van der Waals surface area (Å²) in [6, 6.07) is 9.24. The first kappa shape index (κ1) is 33.8. The third-order valence-corrected chi connectivity index (χ3v) is 5.26. The molecule has 0 atom stereocenters. The number of nitrogens with zero attached hydrogens (tertiary/aromatic N) is 3. The normalized spacial score (nSPS) is 9.81. The van der Waals surface area contributed by atoms with Crippen LogP contribution in [0.4, 0.5) is 0 Å². The number of unbranched alkanes of at least 4 members (excludes halogenated alkanes) is 3. The van der Waals surface area contributed by atoms with E-state index in [9.17, 15) is 14.4 Å². The molecule has 0 aliphatic heterocycles. The van der Waals surface area contributed by atoms with E-state index in [2.05, 4.69) is 20.8 Å². The summed E-state index contributed by atoms with van der Waals surface area (Å²) >= 11 is 0. The molecule has 3 N–H and O–H groups in total. The van der Waals surface area contributed by atoms with Crippen LogP contribution in [0.2, 0.25) is 0 Å². The number of aryl methyl sites for hydroxylation is 3. The van der Waals surface area contributed by atoms with E-state index < -0.39 is 0 Å². The van der Waals surface area contributed by atoms with Crippen molar-refractivity contribution in [3.63, 3.8) is 0 Å². The van der Waals surface area contributed by atoms with Gasteiger partial charge in [-0.05, 0) is 55.7 Å². The number of rotatable bonds is 9. The topological polar surface area (TPSA) is 127 Å². The SMILES string of the molecule is CCCCn1cccc(O)c1=O.CCCCn1cccc(O)c1=O.CCCCn1cccc(O)c1=O.[Fe]. The van der Waals surface area contributed by atoms with Crippen LogP contribution in [-0.2, 0) is 36.7 Å². The van der Waals surface area contributed by atoms with Crippen molar-refractivity contribution in [3.05, 3.63) is 86.1 Å².